The Balaban J connectivity index is 0.000000399. The first-order valence-corrected chi connectivity index (χ1v) is 11.3. The molecule has 2 N–H and O–H groups in total. The zero-order valence-electron chi connectivity index (χ0n) is 10.8. The molecule has 2 aromatic rings. The molecule has 0 aliphatic carbocycles. The van der Waals surface area contributed by atoms with Crippen LogP contribution >= 0.6 is 24.8 Å². The van der Waals surface area contributed by atoms with Crippen molar-refractivity contribution in [3.8, 4) is 0 Å². The van der Waals surface area contributed by atoms with E-state index in [4.69, 9.17) is 5.73 Å². The summed E-state index contributed by atoms with van der Waals surface area (Å²) in [6.45, 7) is 0. The Hall–Kier alpha value is -0.697. The fraction of sp³-hybridized carbons (Fsp3) is 0.133. The van der Waals surface area contributed by atoms with Gasteiger partial charge in [-0.05, 0) is 0 Å². The zero-order valence-corrected chi connectivity index (χ0v) is 15.5. The van der Waals surface area contributed by atoms with Gasteiger partial charge >= 0.3 is 98.9 Å². The quantitative estimate of drug-likeness (QED) is 0.505. The van der Waals surface area contributed by atoms with Crippen molar-refractivity contribution in [1.29, 1.82) is 0 Å². The van der Waals surface area contributed by atoms with E-state index in [0.29, 0.717) is 0 Å². The molecule has 0 spiro atoms. The summed E-state index contributed by atoms with van der Waals surface area (Å²) in [6, 6.07) is 21.7. The summed E-state index contributed by atoms with van der Waals surface area (Å²) in [7, 11) is 0. The van der Waals surface area contributed by atoms with E-state index < -0.39 is 17.1 Å². The molecule has 0 amide bonds. The van der Waals surface area contributed by atoms with Gasteiger partial charge in [-0.3, -0.25) is 0 Å². The second kappa shape index (κ2) is 10.1. The van der Waals surface area contributed by atoms with Crippen molar-refractivity contribution < 1.29 is 17.1 Å². The molecule has 0 radical (unpaired) electrons. The van der Waals surface area contributed by atoms with Gasteiger partial charge in [0.1, 0.15) is 4.32 Å². The molecule has 0 aromatic heterocycles. The van der Waals surface area contributed by atoms with Crippen LogP contribution in [0.5, 0.6) is 0 Å². The Morgan fingerprint density at radius 1 is 0.895 bits per heavy atom. The second-order valence-electron chi connectivity index (χ2n) is 4.16. The predicted molar refractivity (Wildman–Crippen MR) is 86.1 cm³/mol. The number of nitrogens with two attached hydrogens (primary N) is 1. The summed E-state index contributed by atoms with van der Waals surface area (Å²) in [4.78, 5) is 0. The van der Waals surface area contributed by atoms with Crippen molar-refractivity contribution >= 4 is 29.2 Å². The van der Waals surface area contributed by atoms with E-state index in [9.17, 15) is 0 Å². The molecule has 0 heterocycles. The van der Waals surface area contributed by atoms with E-state index in [1.165, 1.54) is 21.2 Å². The van der Waals surface area contributed by atoms with Crippen LogP contribution in [0.2, 0.25) is 0 Å². The molecule has 0 atom stereocenters. The minimum atomic E-state index is -0.411. The van der Waals surface area contributed by atoms with Crippen LogP contribution in [-0.4, -0.2) is 4.32 Å². The molecule has 0 aliphatic rings. The van der Waals surface area contributed by atoms with Crippen molar-refractivity contribution in [2.24, 2.45) is 5.73 Å². The summed E-state index contributed by atoms with van der Waals surface area (Å²) in [6.07, 6.45) is 0. The van der Waals surface area contributed by atoms with E-state index in [2.05, 4.69) is 85.5 Å². The van der Waals surface area contributed by atoms with Crippen molar-refractivity contribution in [2.75, 3.05) is 0 Å². The summed E-state index contributed by atoms with van der Waals surface area (Å²) in [5.41, 5.74) is 7.75. The van der Waals surface area contributed by atoms with E-state index in [-0.39, 0.29) is 4.32 Å². The van der Waals surface area contributed by atoms with Crippen molar-refractivity contribution in [1.82, 2.24) is 0 Å². The van der Waals surface area contributed by atoms with Crippen LogP contribution in [-0.2, 0) is 27.2 Å². The van der Waals surface area contributed by atoms with Crippen molar-refractivity contribution in [2.45, 2.75) is 10.0 Å². The van der Waals surface area contributed by atoms with E-state index in [1.54, 1.807) is 0 Å². The fourth-order valence-corrected chi connectivity index (χ4v) is 5.27. The minimum absolute atomic E-state index is 0.194. The number of benzene rings is 2. The molecule has 0 unspecified atom stereocenters. The first kappa shape index (κ1) is 16.4. The monoisotopic (exact) mass is 339 g/mol. The van der Waals surface area contributed by atoms with Gasteiger partial charge in [-0.25, -0.2) is 0 Å². The van der Waals surface area contributed by atoms with Gasteiger partial charge in [0.25, 0.3) is 0 Å². The van der Waals surface area contributed by atoms with E-state index in [0.717, 1.165) is 0 Å². The van der Waals surface area contributed by atoms with Gasteiger partial charge in [0.2, 0.25) is 0 Å². The van der Waals surface area contributed by atoms with Crippen LogP contribution in [0.25, 0.3) is 0 Å². The Morgan fingerprint density at radius 2 is 1.21 bits per heavy atom. The molecule has 2 aromatic carbocycles. The molecule has 0 bridgehead atoms. The zero-order chi connectivity index (χ0) is 13.9. The maximum atomic E-state index is 4.71. The first-order chi connectivity index (χ1) is 9.18. The van der Waals surface area contributed by atoms with Crippen LogP contribution in [0.1, 0.15) is 11.1 Å². The number of thiocarbonyl (C=S) groups is 1. The molecule has 0 fully saturated rings. The molecule has 19 heavy (non-hydrogen) atoms. The molecular weight excluding hydrogens is 324 g/mol. The van der Waals surface area contributed by atoms with Crippen molar-refractivity contribution in [3.05, 3.63) is 71.8 Å². The van der Waals surface area contributed by atoms with Gasteiger partial charge in [-0.2, -0.15) is 0 Å². The summed E-state index contributed by atoms with van der Waals surface area (Å²) in [5.74, 6) is 0. The molecule has 1 nitrogen and oxygen atoms in total. The third-order valence-electron chi connectivity index (χ3n) is 2.62. The SMILES string of the molecule is NC(=S)S.c1ccc([CH2][Zn][CH2]c2ccccc2)cc1. The van der Waals surface area contributed by atoms with Crippen LogP contribution in [0.4, 0.5) is 0 Å². The summed E-state index contributed by atoms with van der Waals surface area (Å²) >= 11 is 7.24. The van der Waals surface area contributed by atoms with Crippen molar-refractivity contribution in [3.63, 3.8) is 0 Å². The van der Waals surface area contributed by atoms with Gasteiger partial charge in [-0.1, -0.05) is 12.2 Å². The van der Waals surface area contributed by atoms with Gasteiger partial charge in [-0.15, -0.1) is 12.6 Å². The Kier molecular flexibility index (Phi) is 8.73. The number of hydrogen-bond donors (Lipinski definition) is 2. The van der Waals surface area contributed by atoms with Gasteiger partial charge in [0, 0.05) is 0 Å². The predicted octanol–water partition coefficient (Wildman–Crippen LogP) is 3.63. The third kappa shape index (κ3) is 8.93. The summed E-state index contributed by atoms with van der Waals surface area (Å²) < 4.78 is 0.194. The van der Waals surface area contributed by atoms with Gasteiger partial charge < -0.3 is 5.73 Å². The Morgan fingerprint density at radius 3 is 1.53 bits per heavy atom. The number of thiol groups is 1. The molecule has 0 saturated carbocycles. The average Bonchev–Trinajstić information content (AvgIpc) is 2.41. The second-order valence-corrected chi connectivity index (χ2v) is 8.97. The average molecular weight is 341 g/mol. The molecule has 0 saturated heterocycles. The Bertz CT molecular complexity index is 431. The first-order valence-electron chi connectivity index (χ1n) is 6.24. The van der Waals surface area contributed by atoms with Crippen LogP contribution < -0.4 is 5.73 Å². The van der Waals surface area contributed by atoms with Gasteiger partial charge in [0.05, 0.1) is 0 Å². The van der Waals surface area contributed by atoms with E-state index >= 15 is 0 Å². The normalized spacial score (nSPS) is 8.89. The summed E-state index contributed by atoms with van der Waals surface area (Å²) in [5, 5.41) is 2.73. The van der Waals surface area contributed by atoms with Crippen LogP contribution in [0.3, 0.4) is 0 Å². The molecule has 4 heteroatoms. The Labute approximate surface area is 133 Å². The maximum absolute atomic E-state index is 4.71. The molecule has 0 aliphatic heterocycles. The third-order valence-corrected chi connectivity index (χ3v) is 6.52. The topological polar surface area (TPSA) is 26.0 Å². The molecule has 96 valence electrons. The molecular formula is C15H17NS2Zn. The fourth-order valence-electron chi connectivity index (χ4n) is 1.79. The van der Waals surface area contributed by atoms with E-state index in [1.807, 2.05) is 0 Å². The van der Waals surface area contributed by atoms with Crippen LogP contribution in [0, 0.1) is 0 Å². The molecule has 2 rings (SSSR count). The van der Waals surface area contributed by atoms with Gasteiger partial charge in [0.15, 0.2) is 0 Å². The number of rotatable bonds is 4. The number of hydrogen-bond acceptors (Lipinski definition) is 1. The van der Waals surface area contributed by atoms with Crippen LogP contribution in [0.15, 0.2) is 60.7 Å². The standard InChI is InChI=1S/2C7H7.CH3NS2.Zn/c2*1-7-5-3-2-4-6-7;2-1(3)4;/h2*2-6H,1H2;(H3,2,3,4);.